The van der Waals surface area contributed by atoms with Gasteiger partial charge >= 0.3 is 0 Å². The summed E-state index contributed by atoms with van der Waals surface area (Å²) in [4.78, 5) is 12.3. The smallest absolute Gasteiger partial charge is 0.196 e. The molecule has 1 radical (unpaired) electrons. The van der Waals surface area contributed by atoms with Crippen molar-refractivity contribution in [3.05, 3.63) is 59.4 Å². The van der Waals surface area contributed by atoms with E-state index in [0.717, 1.165) is 5.56 Å². The summed E-state index contributed by atoms with van der Waals surface area (Å²) in [5.41, 5.74) is 2.55. The molecule has 2 aromatic carbocycles. The highest BCUT2D eigenvalue weighted by atomic mass is 19.1. The first-order chi connectivity index (χ1) is 9.70. The maximum absolute atomic E-state index is 13.4. The Morgan fingerprint density at radius 3 is 2.80 bits per heavy atom. The molecule has 1 aliphatic heterocycles. The summed E-state index contributed by atoms with van der Waals surface area (Å²) >= 11 is 0. The number of fused-ring (bicyclic) bond motifs is 1. The van der Waals surface area contributed by atoms with Crippen LogP contribution in [0.2, 0.25) is 0 Å². The molecule has 1 aliphatic rings. The fourth-order valence-corrected chi connectivity index (χ4v) is 2.43. The summed E-state index contributed by atoms with van der Waals surface area (Å²) in [5.74, 6) is -0.668. The van der Waals surface area contributed by atoms with Crippen molar-refractivity contribution in [2.24, 2.45) is 0 Å². The van der Waals surface area contributed by atoms with E-state index in [0.29, 0.717) is 23.2 Å². The van der Waals surface area contributed by atoms with Crippen LogP contribution in [0.1, 0.15) is 15.9 Å². The standard InChI is InChI=1S/C16H10FN2O/c17-12-5-1-3-10(7-12)13-6-2-4-11-9-19-14(8-18)16(20)15(11)13/h1-7,14H,9H2. The summed E-state index contributed by atoms with van der Waals surface area (Å²) in [7, 11) is 0. The van der Waals surface area contributed by atoms with Crippen LogP contribution in [0.5, 0.6) is 0 Å². The van der Waals surface area contributed by atoms with Crippen LogP contribution >= 0.6 is 0 Å². The third-order valence-electron chi connectivity index (χ3n) is 3.35. The fourth-order valence-electron chi connectivity index (χ4n) is 2.43. The molecule has 3 nitrogen and oxygen atoms in total. The maximum atomic E-state index is 13.4. The van der Waals surface area contributed by atoms with Crippen LogP contribution < -0.4 is 5.32 Å². The fraction of sp³-hybridized carbons (Fsp3) is 0.125. The number of Topliss-reactive ketones (excluding diaryl/α,β-unsaturated/α-hetero) is 1. The summed E-state index contributed by atoms with van der Waals surface area (Å²) < 4.78 is 13.4. The van der Waals surface area contributed by atoms with Gasteiger partial charge in [-0.05, 0) is 28.8 Å². The minimum absolute atomic E-state index is 0.311. The van der Waals surface area contributed by atoms with Crippen molar-refractivity contribution in [2.75, 3.05) is 0 Å². The third kappa shape index (κ3) is 1.98. The second kappa shape index (κ2) is 4.87. The summed E-state index contributed by atoms with van der Waals surface area (Å²) in [6, 6.07) is 12.4. The van der Waals surface area contributed by atoms with Gasteiger partial charge in [-0.1, -0.05) is 30.3 Å². The van der Waals surface area contributed by atoms with E-state index in [2.05, 4.69) is 5.32 Å². The second-order valence-electron chi connectivity index (χ2n) is 4.59. The van der Waals surface area contributed by atoms with Crippen LogP contribution in [0.3, 0.4) is 0 Å². The zero-order valence-electron chi connectivity index (χ0n) is 10.5. The van der Waals surface area contributed by atoms with Crippen molar-refractivity contribution < 1.29 is 9.18 Å². The number of hydrogen-bond donors (Lipinski definition) is 0. The first-order valence-electron chi connectivity index (χ1n) is 6.19. The van der Waals surface area contributed by atoms with Gasteiger partial charge < -0.3 is 0 Å². The molecular formula is C16H10FN2O. The predicted molar refractivity (Wildman–Crippen MR) is 71.4 cm³/mol. The van der Waals surface area contributed by atoms with Gasteiger partial charge in [0.25, 0.3) is 0 Å². The lowest BCUT2D eigenvalue weighted by atomic mass is 9.88. The zero-order chi connectivity index (χ0) is 14.1. The number of halogens is 1. The Bertz CT molecular complexity index is 733. The van der Waals surface area contributed by atoms with Gasteiger partial charge in [0.15, 0.2) is 11.8 Å². The van der Waals surface area contributed by atoms with E-state index in [-0.39, 0.29) is 11.6 Å². The van der Waals surface area contributed by atoms with Gasteiger partial charge in [0, 0.05) is 12.1 Å². The molecule has 0 saturated heterocycles. The minimum Gasteiger partial charge on any atom is -0.291 e. The molecule has 0 fully saturated rings. The topological polar surface area (TPSA) is 55.0 Å². The summed E-state index contributed by atoms with van der Waals surface area (Å²) in [6.07, 6.45) is 0. The summed E-state index contributed by atoms with van der Waals surface area (Å²) in [6.45, 7) is 0.336. The van der Waals surface area contributed by atoms with E-state index >= 15 is 0 Å². The molecule has 0 aromatic heterocycles. The molecule has 0 amide bonds. The lowest BCUT2D eigenvalue weighted by Crippen LogP contribution is -2.35. The van der Waals surface area contributed by atoms with Crippen molar-refractivity contribution >= 4 is 5.78 Å². The maximum Gasteiger partial charge on any atom is 0.196 e. The van der Waals surface area contributed by atoms with Gasteiger partial charge in [0.1, 0.15) is 5.82 Å². The van der Waals surface area contributed by atoms with Crippen molar-refractivity contribution in [3.63, 3.8) is 0 Å². The molecule has 0 N–H and O–H groups in total. The van der Waals surface area contributed by atoms with Crippen molar-refractivity contribution in [3.8, 4) is 17.2 Å². The van der Waals surface area contributed by atoms with Gasteiger partial charge in [0.2, 0.25) is 0 Å². The van der Waals surface area contributed by atoms with Crippen LogP contribution in [0.4, 0.5) is 4.39 Å². The summed E-state index contributed by atoms with van der Waals surface area (Å²) in [5, 5.41) is 13.0. The Morgan fingerprint density at radius 1 is 1.25 bits per heavy atom. The van der Waals surface area contributed by atoms with Crippen molar-refractivity contribution in [1.29, 1.82) is 5.26 Å². The van der Waals surface area contributed by atoms with E-state index in [9.17, 15) is 9.18 Å². The number of hydrogen-bond acceptors (Lipinski definition) is 2. The normalized spacial score (nSPS) is 17.4. The van der Waals surface area contributed by atoms with E-state index in [1.54, 1.807) is 18.2 Å². The number of nitriles is 1. The van der Waals surface area contributed by atoms with Crippen LogP contribution in [0.15, 0.2) is 42.5 Å². The number of nitrogens with zero attached hydrogens (tertiary/aromatic N) is 2. The van der Waals surface area contributed by atoms with Crippen LogP contribution in [-0.4, -0.2) is 11.8 Å². The molecule has 1 heterocycles. The molecule has 0 saturated carbocycles. The lowest BCUT2D eigenvalue weighted by molar-refractivity contribution is 0.0954. The monoisotopic (exact) mass is 265 g/mol. The largest absolute Gasteiger partial charge is 0.291 e. The van der Waals surface area contributed by atoms with Crippen LogP contribution in [-0.2, 0) is 6.54 Å². The van der Waals surface area contributed by atoms with Gasteiger partial charge in [-0.3, -0.25) is 4.79 Å². The molecule has 2 aromatic rings. The Morgan fingerprint density at radius 2 is 2.05 bits per heavy atom. The highest BCUT2D eigenvalue weighted by molar-refractivity contribution is 6.08. The van der Waals surface area contributed by atoms with E-state index in [1.807, 2.05) is 18.2 Å². The van der Waals surface area contributed by atoms with Gasteiger partial charge in [-0.2, -0.15) is 5.26 Å². The molecule has 20 heavy (non-hydrogen) atoms. The highest BCUT2D eigenvalue weighted by Crippen LogP contribution is 2.30. The van der Waals surface area contributed by atoms with Gasteiger partial charge in [-0.25, -0.2) is 9.71 Å². The van der Waals surface area contributed by atoms with Crippen LogP contribution in [0.25, 0.3) is 11.1 Å². The Kier molecular flexibility index (Phi) is 3.05. The number of carbonyl (C=O) groups is 1. The Hall–Kier alpha value is -2.51. The van der Waals surface area contributed by atoms with E-state index in [1.165, 1.54) is 12.1 Å². The first kappa shape index (κ1) is 12.5. The molecular weight excluding hydrogens is 255 g/mol. The average molecular weight is 265 g/mol. The van der Waals surface area contributed by atoms with E-state index in [4.69, 9.17) is 5.26 Å². The molecule has 97 valence electrons. The molecule has 0 aliphatic carbocycles. The number of rotatable bonds is 1. The van der Waals surface area contributed by atoms with Gasteiger partial charge in [0.05, 0.1) is 6.07 Å². The SMILES string of the molecule is N#CC1[N]Cc2cccc(-c3cccc(F)c3)c2C1=O. The molecule has 4 heteroatoms. The quantitative estimate of drug-likeness (QED) is 0.796. The van der Waals surface area contributed by atoms with Crippen LogP contribution in [0, 0.1) is 17.1 Å². The second-order valence-corrected chi connectivity index (χ2v) is 4.59. The lowest BCUT2D eigenvalue weighted by Gasteiger charge is -2.21. The number of benzene rings is 2. The highest BCUT2D eigenvalue weighted by Gasteiger charge is 2.30. The molecule has 3 rings (SSSR count). The van der Waals surface area contributed by atoms with Gasteiger partial charge in [-0.15, -0.1) is 0 Å². The average Bonchev–Trinajstić information content (AvgIpc) is 2.47. The zero-order valence-corrected chi connectivity index (χ0v) is 10.5. The first-order valence-corrected chi connectivity index (χ1v) is 6.19. The minimum atomic E-state index is -0.961. The van der Waals surface area contributed by atoms with Crippen molar-refractivity contribution in [1.82, 2.24) is 5.32 Å². The van der Waals surface area contributed by atoms with E-state index < -0.39 is 6.04 Å². The third-order valence-corrected chi connectivity index (χ3v) is 3.35. The van der Waals surface area contributed by atoms with Crippen molar-refractivity contribution in [2.45, 2.75) is 12.6 Å². The molecule has 1 unspecified atom stereocenters. The Labute approximate surface area is 115 Å². The predicted octanol–water partition coefficient (Wildman–Crippen LogP) is 2.69. The number of carbonyl (C=O) groups excluding carboxylic acids is 1. The molecule has 1 atom stereocenters. The Balaban J connectivity index is 2.20. The molecule has 0 bridgehead atoms. The molecule has 0 spiro atoms. The number of ketones is 1.